The van der Waals surface area contributed by atoms with Gasteiger partial charge in [-0.1, -0.05) is 6.07 Å². The second kappa shape index (κ2) is 7.67. The van der Waals surface area contributed by atoms with E-state index < -0.39 is 0 Å². The van der Waals surface area contributed by atoms with Gasteiger partial charge in [-0.05, 0) is 23.6 Å². The Morgan fingerprint density at radius 1 is 1.08 bits per heavy atom. The first-order valence-corrected chi connectivity index (χ1v) is 8.42. The number of rotatable bonds is 6. The number of nitrogens with one attached hydrogen (secondary N) is 1. The number of hydrogen-bond donors (Lipinski definition) is 1. The molecule has 0 bridgehead atoms. The molecule has 0 aliphatic rings. The van der Waals surface area contributed by atoms with Gasteiger partial charge in [0.05, 0.1) is 11.4 Å². The Morgan fingerprint density at radius 3 is 2.68 bits per heavy atom. The first-order valence-electron chi connectivity index (χ1n) is 7.54. The van der Waals surface area contributed by atoms with Gasteiger partial charge in [0.15, 0.2) is 0 Å². The van der Waals surface area contributed by atoms with Crippen molar-refractivity contribution in [1.29, 1.82) is 0 Å². The van der Waals surface area contributed by atoms with E-state index in [9.17, 15) is 14.4 Å². The van der Waals surface area contributed by atoms with Gasteiger partial charge in [0, 0.05) is 24.9 Å². The van der Waals surface area contributed by atoms with E-state index in [-0.39, 0.29) is 36.7 Å². The second-order valence-corrected chi connectivity index (χ2v) is 6.07. The van der Waals surface area contributed by atoms with Crippen LogP contribution in [0.4, 0.5) is 0 Å². The maximum Gasteiger partial charge on any atom is 0.267 e. The molecule has 0 fully saturated rings. The summed E-state index contributed by atoms with van der Waals surface area (Å²) in [6, 6.07) is 9.81. The summed E-state index contributed by atoms with van der Waals surface area (Å²) in [6.45, 7) is 0.291. The lowest BCUT2D eigenvalue weighted by Crippen LogP contribution is -2.36. The molecule has 0 radical (unpaired) electrons. The van der Waals surface area contributed by atoms with Crippen LogP contribution >= 0.6 is 11.3 Å². The maximum absolute atomic E-state index is 11.9. The van der Waals surface area contributed by atoms with Gasteiger partial charge < -0.3 is 5.32 Å². The third-order valence-corrected chi connectivity index (χ3v) is 4.26. The minimum atomic E-state index is -0.358. The predicted molar refractivity (Wildman–Crippen MR) is 93.3 cm³/mol. The normalized spacial score (nSPS) is 10.6. The molecule has 3 aromatic heterocycles. The molecule has 3 aromatic rings. The maximum atomic E-state index is 11.9. The van der Waals surface area contributed by atoms with E-state index in [1.54, 1.807) is 6.07 Å². The molecule has 0 saturated carbocycles. The summed E-state index contributed by atoms with van der Waals surface area (Å²) in [4.78, 5) is 36.2. The van der Waals surface area contributed by atoms with E-state index in [2.05, 4.69) is 15.5 Å². The van der Waals surface area contributed by atoms with Crippen molar-refractivity contribution in [2.24, 2.45) is 0 Å². The molecule has 8 nitrogen and oxygen atoms in total. The highest BCUT2D eigenvalue weighted by Gasteiger charge is 2.07. The predicted octanol–water partition coefficient (Wildman–Crippen LogP) is 0.345. The quantitative estimate of drug-likeness (QED) is 0.686. The third-order valence-electron chi connectivity index (χ3n) is 3.36. The van der Waals surface area contributed by atoms with Gasteiger partial charge in [-0.2, -0.15) is 10.2 Å². The van der Waals surface area contributed by atoms with Crippen LogP contribution in [0.15, 0.2) is 57.6 Å². The first kappa shape index (κ1) is 16.8. The highest BCUT2D eigenvalue weighted by atomic mass is 32.1. The van der Waals surface area contributed by atoms with Crippen LogP contribution in [0.25, 0.3) is 10.6 Å². The summed E-state index contributed by atoms with van der Waals surface area (Å²) in [7, 11) is 0. The van der Waals surface area contributed by atoms with Gasteiger partial charge in [0.25, 0.3) is 11.1 Å². The lowest BCUT2D eigenvalue weighted by atomic mass is 10.3. The van der Waals surface area contributed by atoms with Crippen LogP contribution in [-0.4, -0.2) is 32.0 Å². The van der Waals surface area contributed by atoms with Gasteiger partial charge in [0.1, 0.15) is 12.2 Å². The fourth-order valence-corrected chi connectivity index (χ4v) is 2.85. The van der Waals surface area contributed by atoms with Crippen molar-refractivity contribution < 1.29 is 4.79 Å². The highest BCUT2D eigenvalue weighted by molar-refractivity contribution is 7.13. The average Bonchev–Trinajstić information content (AvgIpc) is 3.13. The van der Waals surface area contributed by atoms with Crippen molar-refractivity contribution in [3.05, 3.63) is 68.7 Å². The molecular formula is C16H15N5O3S. The van der Waals surface area contributed by atoms with Crippen molar-refractivity contribution in [2.45, 2.75) is 13.1 Å². The number of nitrogens with zero attached hydrogens (tertiary/aromatic N) is 4. The molecule has 3 heterocycles. The Kier molecular flexibility index (Phi) is 5.14. The second-order valence-electron chi connectivity index (χ2n) is 5.13. The van der Waals surface area contributed by atoms with E-state index in [4.69, 9.17) is 0 Å². The van der Waals surface area contributed by atoms with Crippen molar-refractivity contribution in [3.63, 3.8) is 0 Å². The monoisotopic (exact) mass is 357 g/mol. The summed E-state index contributed by atoms with van der Waals surface area (Å²) in [5.41, 5.74) is 0.121. The summed E-state index contributed by atoms with van der Waals surface area (Å²) in [5.74, 6) is -0.358. The first-order chi connectivity index (χ1) is 12.1. The van der Waals surface area contributed by atoms with Crippen LogP contribution in [0, 0.1) is 0 Å². The van der Waals surface area contributed by atoms with E-state index in [0.717, 1.165) is 9.56 Å². The van der Waals surface area contributed by atoms with Gasteiger partial charge in [-0.15, -0.1) is 11.3 Å². The molecule has 0 unspecified atom stereocenters. The zero-order valence-corrected chi connectivity index (χ0v) is 14.0. The molecule has 0 aromatic carbocycles. The van der Waals surface area contributed by atoms with Crippen LogP contribution in [0.1, 0.15) is 0 Å². The Morgan fingerprint density at radius 2 is 1.92 bits per heavy atom. The Labute approximate surface area is 146 Å². The molecule has 1 amide bonds. The van der Waals surface area contributed by atoms with Gasteiger partial charge in [-0.3, -0.25) is 14.4 Å². The molecular weight excluding hydrogens is 342 g/mol. The number of carbonyl (C=O) groups excluding carboxylic acids is 1. The number of aromatic nitrogens is 4. The summed E-state index contributed by atoms with van der Waals surface area (Å²) >= 11 is 1.53. The molecule has 1 N–H and O–H groups in total. The van der Waals surface area contributed by atoms with Gasteiger partial charge in [0.2, 0.25) is 5.91 Å². The van der Waals surface area contributed by atoms with Crippen LogP contribution < -0.4 is 16.4 Å². The Bertz CT molecular complexity index is 978. The van der Waals surface area contributed by atoms with Gasteiger partial charge >= 0.3 is 0 Å². The number of carbonyl (C=O) groups is 1. The SMILES string of the molecule is O=C(Cn1ncccc1=O)NCCn1nc(-c2cccs2)ccc1=O. The van der Waals surface area contributed by atoms with Crippen LogP contribution in [-0.2, 0) is 17.9 Å². The Hall–Kier alpha value is -3.07. The fourth-order valence-electron chi connectivity index (χ4n) is 2.16. The van der Waals surface area contributed by atoms with Crippen molar-refractivity contribution in [1.82, 2.24) is 24.9 Å². The van der Waals surface area contributed by atoms with Crippen molar-refractivity contribution in [2.75, 3.05) is 6.54 Å². The van der Waals surface area contributed by atoms with E-state index >= 15 is 0 Å². The lowest BCUT2D eigenvalue weighted by Gasteiger charge is -2.08. The highest BCUT2D eigenvalue weighted by Crippen LogP contribution is 2.20. The zero-order chi connectivity index (χ0) is 17.6. The van der Waals surface area contributed by atoms with Crippen molar-refractivity contribution in [3.8, 4) is 10.6 Å². The molecule has 0 aliphatic heterocycles. The third kappa shape index (κ3) is 4.27. The van der Waals surface area contributed by atoms with Crippen LogP contribution in [0.3, 0.4) is 0 Å². The average molecular weight is 357 g/mol. The molecule has 0 spiro atoms. The molecule has 0 saturated heterocycles. The smallest absolute Gasteiger partial charge is 0.267 e. The number of amides is 1. The number of hydrogen-bond acceptors (Lipinski definition) is 6. The van der Waals surface area contributed by atoms with Crippen molar-refractivity contribution >= 4 is 17.2 Å². The number of thiophene rings is 1. The molecule has 0 atom stereocenters. The summed E-state index contributed by atoms with van der Waals surface area (Å²) < 4.78 is 2.37. The van der Waals surface area contributed by atoms with E-state index in [1.807, 2.05) is 17.5 Å². The topological polar surface area (TPSA) is 98.9 Å². The molecule has 3 rings (SSSR count). The lowest BCUT2D eigenvalue weighted by molar-refractivity contribution is -0.121. The minimum Gasteiger partial charge on any atom is -0.353 e. The molecule has 128 valence electrons. The van der Waals surface area contributed by atoms with E-state index in [0.29, 0.717) is 5.69 Å². The molecule has 25 heavy (non-hydrogen) atoms. The largest absolute Gasteiger partial charge is 0.353 e. The molecule has 9 heteroatoms. The zero-order valence-electron chi connectivity index (χ0n) is 13.2. The van der Waals surface area contributed by atoms with Gasteiger partial charge in [-0.25, -0.2) is 9.36 Å². The Balaban J connectivity index is 1.59. The van der Waals surface area contributed by atoms with E-state index in [1.165, 1.54) is 40.4 Å². The summed E-state index contributed by atoms with van der Waals surface area (Å²) in [5, 5.41) is 12.7. The standard InChI is InChI=1S/C16H15N5O3S/c22-14(11-21-15(23)4-1-7-18-21)17-8-9-20-16(24)6-5-12(19-20)13-3-2-10-25-13/h1-7,10H,8-9,11H2,(H,17,22). The molecule has 0 aliphatic carbocycles. The fraction of sp³-hybridized carbons (Fsp3) is 0.188. The van der Waals surface area contributed by atoms with Crippen LogP contribution in [0.2, 0.25) is 0 Å². The summed E-state index contributed by atoms with van der Waals surface area (Å²) in [6.07, 6.45) is 1.44. The van der Waals surface area contributed by atoms with Crippen LogP contribution in [0.5, 0.6) is 0 Å². The minimum absolute atomic E-state index is 0.169.